The highest BCUT2D eigenvalue weighted by Gasteiger charge is 2.03. The van der Waals surface area contributed by atoms with Gasteiger partial charge < -0.3 is 5.84 Å². The van der Waals surface area contributed by atoms with E-state index in [9.17, 15) is 0 Å². The first kappa shape index (κ1) is 5.26. The van der Waals surface area contributed by atoms with Crippen LogP contribution in [-0.2, 0) is 11.9 Å². The van der Waals surface area contributed by atoms with Gasteiger partial charge in [0.15, 0.2) is 0 Å². The van der Waals surface area contributed by atoms with Gasteiger partial charge >= 0.3 is 0 Å². The second kappa shape index (κ2) is 1.57. The summed E-state index contributed by atoms with van der Waals surface area (Å²) in [5, 5.41) is 0.708. The topological polar surface area (TPSA) is 59.3 Å². The van der Waals surface area contributed by atoms with Crippen molar-refractivity contribution in [2.75, 3.05) is 12.4 Å². The van der Waals surface area contributed by atoms with Gasteiger partial charge in [0.1, 0.15) is 0 Å². The van der Waals surface area contributed by atoms with E-state index in [0.717, 1.165) is 4.96 Å². The fraction of sp³-hybridized carbons (Fsp3) is 1.00. The summed E-state index contributed by atoms with van der Waals surface area (Å²) >= 11 is 0. The molecule has 48 valence electrons. The van der Waals surface area contributed by atoms with Gasteiger partial charge in [-0.2, -0.15) is 0 Å². The Morgan fingerprint density at radius 2 is 2.25 bits per heavy atom. The third kappa shape index (κ3) is 0.703. The summed E-state index contributed by atoms with van der Waals surface area (Å²) in [4.78, 5) is 6.87. The molecule has 0 unspecified atom stereocenters. The van der Waals surface area contributed by atoms with Crippen LogP contribution in [0.5, 0.6) is 0 Å². The molecule has 0 radical (unpaired) electrons. The average molecular weight is 119 g/mol. The second-order valence-corrected chi connectivity index (χ2v) is 1.25. The number of hydrogen-bond acceptors (Lipinski definition) is 3. The monoisotopic (exact) mass is 119 g/mol. The van der Waals surface area contributed by atoms with E-state index < -0.39 is 0 Å². The average Bonchev–Trinajstić information content (AvgIpc) is 2.45. The summed E-state index contributed by atoms with van der Waals surface area (Å²) in [6.07, 6.45) is 0. The van der Waals surface area contributed by atoms with Crippen molar-refractivity contribution in [1.29, 1.82) is 0 Å². The molecule has 6 heteroatoms. The smallest absolute Gasteiger partial charge is 0.0703 e. The van der Waals surface area contributed by atoms with Crippen molar-refractivity contribution < 1.29 is 9.47 Å². The Morgan fingerprint density at radius 3 is 2.38 bits per heavy atom. The number of aryl methyl sites for hydroxylation is 1. The van der Waals surface area contributed by atoms with E-state index in [1.165, 1.54) is 12.0 Å². The Kier molecular flexibility index (Phi) is 1.03. The van der Waals surface area contributed by atoms with Crippen LogP contribution in [0.4, 0.5) is 0 Å². The van der Waals surface area contributed by atoms with Crippen molar-refractivity contribution in [2.45, 2.75) is 0 Å². The maximum atomic E-state index is 6.84. The molecule has 8 heavy (non-hydrogen) atoms. The minimum Gasteiger partial charge on any atom is -0.534 e. The van der Waals surface area contributed by atoms with E-state index in [1.54, 1.807) is 7.05 Å². The van der Waals surface area contributed by atoms with Crippen molar-refractivity contribution in [3.8, 4) is 0 Å². The number of nitrogens with one attached hydrogen (secondary N) is 1. The van der Waals surface area contributed by atoms with Gasteiger partial charge in [-0.05, 0) is 0 Å². The lowest BCUT2D eigenvalue weighted by Gasteiger charge is -2.15. The van der Waals surface area contributed by atoms with Gasteiger partial charge in [0.2, 0.25) is 0 Å². The van der Waals surface area contributed by atoms with Crippen LogP contribution < -0.4 is 5.28 Å². The molecule has 0 aromatic carbocycles. The summed E-state index contributed by atoms with van der Waals surface area (Å²) in [5.74, 6) is 6.84. The van der Waals surface area contributed by atoms with E-state index in [0.29, 0.717) is 5.28 Å². The Labute approximate surface area is 45.8 Å². The van der Waals surface area contributed by atoms with Crippen molar-refractivity contribution >= 4 is 0 Å². The first-order valence-electron chi connectivity index (χ1n) is 2.03. The molecule has 0 spiro atoms. The van der Waals surface area contributed by atoms with E-state index >= 15 is 0 Å². The maximum Gasteiger partial charge on any atom is 0.0703 e. The summed E-state index contributed by atoms with van der Waals surface area (Å²) in [7, 11) is 3.03. The Bertz CT molecular complexity index is 151. The molecule has 6 nitrogen and oxygen atoms in total. The fourth-order valence-electron chi connectivity index (χ4n) is 0.307. The SMILES string of the molecule is CON([NH-])n1on1C. The van der Waals surface area contributed by atoms with Crippen LogP contribution in [0.1, 0.15) is 0 Å². The van der Waals surface area contributed by atoms with Crippen molar-refractivity contribution in [3.05, 3.63) is 5.84 Å². The standard InChI is InChI=1S/C2H7N4O2/c1-4-6(8-4)5(3)7-2/h3H,1-2H3/q-1. The van der Waals surface area contributed by atoms with Crippen LogP contribution in [0.15, 0.2) is 4.63 Å². The van der Waals surface area contributed by atoms with Gasteiger partial charge in [-0.1, -0.05) is 4.85 Å². The lowest BCUT2D eigenvalue weighted by atomic mass is 11.5. The summed E-state index contributed by atoms with van der Waals surface area (Å²) in [5.41, 5.74) is 0. The van der Waals surface area contributed by atoms with Crippen LogP contribution in [0.25, 0.3) is 5.84 Å². The number of rotatable bonds is 2. The van der Waals surface area contributed by atoms with Gasteiger partial charge in [-0.3, -0.25) is 4.84 Å². The van der Waals surface area contributed by atoms with Crippen LogP contribution in [0, 0.1) is 0 Å². The molecule has 1 aromatic rings. The van der Waals surface area contributed by atoms with Crippen molar-refractivity contribution in [1.82, 2.24) is 9.82 Å². The molecule has 0 amide bonds. The molecule has 0 aliphatic heterocycles. The molecule has 0 bridgehead atoms. The zero-order valence-electron chi connectivity index (χ0n) is 4.66. The van der Waals surface area contributed by atoms with Crippen LogP contribution in [-0.4, -0.2) is 16.9 Å². The molecule has 0 aliphatic rings. The third-order valence-electron chi connectivity index (χ3n) is 0.736. The highest BCUT2D eigenvalue weighted by Crippen LogP contribution is 1.94. The van der Waals surface area contributed by atoms with Crippen molar-refractivity contribution in [2.24, 2.45) is 7.05 Å². The van der Waals surface area contributed by atoms with Crippen LogP contribution >= 0.6 is 0 Å². The van der Waals surface area contributed by atoms with E-state index in [1.807, 2.05) is 0 Å². The molecule has 1 aromatic heterocycles. The molecule has 0 atom stereocenters. The van der Waals surface area contributed by atoms with Crippen LogP contribution in [0.3, 0.4) is 0 Å². The summed E-state index contributed by atoms with van der Waals surface area (Å²) < 4.78 is 4.55. The highest BCUT2D eigenvalue weighted by atomic mass is 16.9. The predicted octanol–water partition coefficient (Wildman–Crippen LogP) is -0.114. The summed E-state index contributed by atoms with van der Waals surface area (Å²) in [6, 6.07) is 0. The molecule has 0 aliphatic carbocycles. The molecule has 1 rings (SSSR count). The van der Waals surface area contributed by atoms with Gasteiger partial charge in [-0.25, -0.2) is 9.91 Å². The summed E-state index contributed by atoms with van der Waals surface area (Å²) in [6.45, 7) is 0. The Balaban J connectivity index is 2.41. The zero-order chi connectivity index (χ0) is 6.15. The Hall–Kier alpha value is -0.880. The zero-order valence-corrected chi connectivity index (χ0v) is 4.66. The molecular formula is C2H7N4O2-. The van der Waals surface area contributed by atoms with Gasteiger partial charge in [0.25, 0.3) is 0 Å². The van der Waals surface area contributed by atoms with Crippen molar-refractivity contribution in [3.63, 3.8) is 0 Å². The minimum absolute atomic E-state index is 0.708. The number of nitrogens with zero attached hydrogens (tertiary/aromatic N) is 3. The minimum atomic E-state index is 0.708. The van der Waals surface area contributed by atoms with Gasteiger partial charge in [0.05, 0.1) is 14.2 Å². The molecule has 0 saturated carbocycles. The van der Waals surface area contributed by atoms with E-state index in [2.05, 4.69) is 9.47 Å². The maximum absolute atomic E-state index is 6.84. The first-order valence-corrected chi connectivity index (χ1v) is 2.03. The highest BCUT2D eigenvalue weighted by molar-refractivity contribution is 4.59. The molecule has 1 N–H and O–H groups in total. The molecule has 1 heterocycles. The van der Waals surface area contributed by atoms with E-state index in [-0.39, 0.29) is 0 Å². The molecule has 0 fully saturated rings. The number of hydrogen-bond donors (Lipinski definition) is 0. The first-order chi connectivity index (χ1) is 3.75. The predicted molar refractivity (Wildman–Crippen MR) is 25.2 cm³/mol. The third-order valence-corrected chi connectivity index (χ3v) is 0.736. The lowest BCUT2D eigenvalue weighted by molar-refractivity contribution is 0.112. The quantitative estimate of drug-likeness (QED) is 0.510. The normalized spacial score (nSPS) is 10.4. The van der Waals surface area contributed by atoms with Crippen LogP contribution in [0.2, 0.25) is 0 Å². The molecule has 0 saturated heterocycles. The Morgan fingerprint density at radius 1 is 1.75 bits per heavy atom. The number of aromatic nitrogens is 2. The largest absolute Gasteiger partial charge is 0.534 e. The van der Waals surface area contributed by atoms with E-state index in [4.69, 9.17) is 5.84 Å². The van der Waals surface area contributed by atoms with Gasteiger partial charge in [-0.15, -0.1) is 0 Å². The van der Waals surface area contributed by atoms with Gasteiger partial charge in [0, 0.05) is 4.96 Å². The second-order valence-electron chi connectivity index (χ2n) is 1.25. The fourth-order valence-corrected chi connectivity index (χ4v) is 0.307. The lowest BCUT2D eigenvalue weighted by Crippen LogP contribution is -2.20. The molecular weight excluding hydrogens is 112 g/mol.